The molecule has 2 aliphatic rings. The summed E-state index contributed by atoms with van der Waals surface area (Å²) in [5, 5.41) is 2.98. The van der Waals surface area contributed by atoms with Crippen molar-refractivity contribution in [2.75, 3.05) is 13.6 Å². The third-order valence-electron chi connectivity index (χ3n) is 3.87. The maximum atomic E-state index is 11.9. The van der Waals surface area contributed by atoms with Gasteiger partial charge in [0.2, 0.25) is 0 Å². The molecule has 0 aliphatic heterocycles. The first kappa shape index (κ1) is 11.5. The monoisotopic (exact) mass is 222 g/mol. The molecule has 3 heteroatoms. The second kappa shape index (κ2) is 4.89. The van der Waals surface area contributed by atoms with Gasteiger partial charge in [-0.3, -0.25) is 0 Å². The molecule has 1 saturated carbocycles. The first-order valence-electron chi connectivity index (χ1n) is 6.41. The van der Waals surface area contributed by atoms with E-state index in [1.807, 2.05) is 11.9 Å². The van der Waals surface area contributed by atoms with Crippen molar-refractivity contribution in [2.45, 2.75) is 38.6 Å². The van der Waals surface area contributed by atoms with E-state index in [4.69, 9.17) is 0 Å². The lowest BCUT2D eigenvalue weighted by Crippen LogP contribution is -2.45. The van der Waals surface area contributed by atoms with E-state index in [-0.39, 0.29) is 6.03 Å². The van der Waals surface area contributed by atoms with Gasteiger partial charge in [0.15, 0.2) is 0 Å². The summed E-state index contributed by atoms with van der Waals surface area (Å²) < 4.78 is 0. The standard InChI is InChI=1S/C13H22N2O/c1-3-4-7-14-13(16)15(2)12-9-10-5-6-11(12)8-10/h5-6,10-12H,3-4,7-9H2,1-2H3,(H,14,16). The zero-order chi connectivity index (χ0) is 11.5. The highest BCUT2D eigenvalue weighted by Gasteiger charge is 2.39. The summed E-state index contributed by atoms with van der Waals surface area (Å²) in [5.74, 6) is 1.33. The Balaban J connectivity index is 1.81. The van der Waals surface area contributed by atoms with Crippen LogP contribution in [-0.2, 0) is 0 Å². The fourth-order valence-corrected chi connectivity index (χ4v) is 2.84. The van der Waals surface area contributed by atoms with Gasteiger partial charge in [0.05, 0.1) is 0 Å². The van der Waals surface area contributed by atoms with Gasteiger partial charge in [0.1, 0.15) is 0 Å². The van der Waals surface area contributed by atoms with Crippen molar-refractivity contribution in [3.05, 3.63) is 12.2 Å². The van der Waals surface area contributed by atoms with E-state index in [2.05, 4.69) is 24.4 Å². The number of hydrogen-bond acceptors (Lipinski definition) is 1. The Labute approximate surface area is 97.9 Å². The number of fused-ring (bicyclic) bond motifs is 2. The Morgan fingerprint density at radius 3 is 2.81 bits per heavy atom. The van der Waals surface area contributed by atoms with Crippen molar-refractivity contribution >= 4 is 6.03 Å². The van der Waals surface area contributed by atoms with Crippen LogP contribution in [0.25, 0.3) is 0 Å². The first-order valence-corrected chi connectivity index (χ1v) is 6.41. The van der Waals surface area contributed by atoms with Crippen molar-refractivity contribution in [2.24, 2.45) is 11.8 Å². The molecule has 3 nitrogen and oxygen atoms in total. The normalized spacial score (nSPS) is 30.8. The molecule has 0 aromatic carbocycles. The van der Waals surface area contributed by atoms with E-state index in [1.54, 1.807) is 0 Å². The van der Waals surface area contributed by atoms with Crippen LogP contribution < -0.4 is 5.32 Å². The number of rotatable bonds is 4. The topological polar surface area (TPSA) is 32.3 Å². The molecule has 1 fully saturated rings. The lowest BCUT2D eigenvalue weighted by molar-refractivity contribution is 0.181. The maximum absolute atomic E-state index is 11.9. The summed E-state index contributed by atoms with van der Waals surface area (Å²) in [6.07, 6.45) is 9.19. The average Bonchev–Trinajstić information content (AvgIpc) is 2.90. The maximum Gasteiger partial charge on any atom is 0.317 e. The third-order valence-corrected chi connectivity index (χ3v) is 3.87. The number of hydrogen-bond donors (Lipinski definition) is 1. The smallest absolute Gasteiger partial charge is 0.317 e. The number of carbonyl (C=O) groups excluding carboxylic acids is 1. The zero-order valence-corrected chi connectivity index (χ0v) is 10.3. The molecule has 3 atom stereocenters. The first-order chi connectivity index (χ1) is 7.72. The van der Waals surface area contributed by atoms with Gasteiger partial charge in [0, 0.05) is 19.6 Å². The minimum absolute atomic E-state index is 0.0967. The Morgan fingerprint density at radius 2 is 2.25 bits per heavy atom. The van der Waals surface area contributed by atoms with Crippen molar-refractivity contribution in [3.63, 3.8) is 0 Å². The van der Waals surface area contributed by atoms with E-state index < -0.39 is 0 Å². The van der Waals surface area contributed by atoms with E-state index >= 15 is 0 Å². The molecular weight excluding hydrogens is 200 g/mol. The second-order valence-electron chi connectivity index (χ2n) is 5.04. The molecule has 0 spiro atoms. The molecule has 2 rings (SSSR count). The summed E-state index contributed by atoms with van der Waals surface area (Å²) in [6.45, 7) is 2.94. The van der Waals surface area contributed by atoms with Crippen LogP contribution >= 0.6 is 0 Å². The molecule has 1 N–H and O–H groups in total. The van der Waals surface area contributed by atoms with Gasteiger partial charge in [-0.05, 0) is 31.1 Å². The highest BCUT2D eigenvalue weighted by molar-refractivity contribution is 5.74. The van der Waals surface area contributed by atoms with Crippen LogP contribution in [-0.4, -0.2) is 30.6 Å². The van der Waals surface area contributed by atoms with Crippen LogP contribution in [0, 0.1) is 11.8 Å². The minimum Gasteiger partial charge on any atom is -0.338 e. The molecule has 0 heterocycles. The van der Waals surface area contributed by atoms with E-state index in [1.165, 1.54) is 6.42 Å². The third kappa shape index (κ3) is 2.23. The fourth-order valence-electron chi connectivity index (χ4n) is 2.84. The Bertz CT molecular complexity index is 288. The van der Waals surface area contributed by atoms with Crippen molar-refractivity contribution in [1.29, 1.82) is 0 Å². The van der Waals surface area contributed by atoms with E-state index in [0.717, 1.165) is 31.7 Å². The summed E-state index contributed by atoms with van der Waals surface area (Å²) in [7, 11) is 1.93. The van der Waals surface area contributed by atoms with Crippen LogP contribution in [0.3, 0.4) is 0 Å². The SMILES string of the molecule is CCCCNC(=O)N(C)C1CC2C=CC1C2. The predicted octanol–water partition coefficient (Wildman–Crippen LogP) is 2.39. The largest absolute Gasteiger partial charge is 0.338 e. The van der Waals surface area contributed by atoms with E-state index in [0.29, 0.717) is 12.0 Å². The average molecular weight is 222 g/mol. The Hall–Kier alpha value is -0.990. The number of nitrogens with one attached hydrogen (secondary N) is 1. The Kier molecular flexibility index (Phi) is 3.52. The van der Waals surface area contributed by atoms with Gasteiger partial charge in [-0.1, -0.05) is 25.5 Å². The highest BCUT2D eigenvalue weighted by Crippen LogP contribution is 2.41. The quantitative estimate of drug-likeness (QED) is 0.575. The van der Waals surface area contributed by atoms with Gasteiger partial charge < -0.3 is 10.2 Å². The molecule has 0 aromatic rings. The number of unbranched alkanes of at least 4 members (excludes halogenated alkanes) is 1. The fraction of sp³-hybridized carbons (Fsp3) is 0.769. The molecule has 2 aliphatic carbocycles. The summed E-state index contributed by atoms with van der Waals surface area (Å²) in [4.78, 5) is 13.8. The minimum atomic E-state index is 0.0967. The summed E-state index contributed by atoms with van der Waals surface area (Å²) >= 11 is 0. The van der Waals surface area contributed by atoms with Crippen molar-refractivity contribution in [3.8, 4) is 0 Å². The van der Waals surface area contributed by atoms with Crippen molar-refractivity contribution in [1.82, 2.24) is 10.2 Å². The lowest BCUT2D eigenvalue weighted by Gasteiger charge is -2.29. The number of nitrogens with zero attached hydrogens (tertiary/aromatic N) is 1. The van der Waals surface area contributed by atoms with Gasteiger partial charge in [-0.2, -0.15) is 0 Å². The number of urea groups is 1. The highest BCUT2D eigenvalue weighted by atomic mass is 16.2. The summed E-state index contributed by atoms with van der Waals surface area (Å²) in [5.41, 5.74) is 0. The van der Waals surface area contributed by atoms with Crippen LogP contribution in [0.4, 0.5) is 4.79 Å². The van der Waals surface area contributed by atoms with Gasteiger partial charge >= 0.3 is 6.03 Å². The predicted molar refractivity (Wildman–Crippen MR) is 65.2 cm³/mol. The van der Waals surface area contributed by atoms with Gasteiger partial charge in [0.25, 0.3) is 0 Å². The van der Waals surface area contributed by atoms with Crippen molar-refractivity contribution < 1.29 is 4.79 Å². The lowest BCUT2D eigenvalue weighted by atomic mass is 10.0. The number of amides is 2. The molecule has 0 saturated heterocycles. The van der Waals surface area contributed by atoms with Crippen LogP contribution in [0.5, 0.6) is 0 Å². The van der Waals surface area contributed by atoms with Gasteiger partial charge in [-0.25, -0.2) is 4.79 Å². The zero-order valence-electron chi connectivity index (χ0n) is 10.3. The molecule has 3 unspecified atom stereocenters. The molecule has 2 amide bonds. The Morgan fingerprint density at radius 1 is 1.44 bits per heavy atom. The molecule has 90 valence electrons. The van der Waals surface area contributed by atoms with Crippen LogP contribution in [0.1, 0.15) is 32.6 Å². The molecular formula is C13H22N2O. The summed E-state index contributed by atoms with van der Waals surface area (Å²) in [6, 6.07) is 0.524. The number of carbonyl (C=O) groups is 1. The van der Waals surface area contributed by atoms with E-state index in [9.17, 15) is 4.79 Å². The van der Waals surface area contributed by atoms with Crippen LogP contribution in [0.2, 0.25) is 0 Å². The molecule has 0 aromatic heterocycles. The number of allylic oxidation sites excluding steroid dienone is 1. The molecule has 2 bridgehead atoms. The second-order valence-corrected chi connectivity index (χ2v) is 5.04. The molecule has 0 radical (unpaired) electrons. The van der Waals surface area contributed by atoms with Crippen LogP contribution in [0.15, 0.2) is 12.2 Å². The molecule has 16 heavy (non-hydrogen) atoms. The van der Waals surface area contributed by atoms with Gasteiger partial charge in [-0.15, -0.1) is 0 Å².